The van der Waals surface area contributed by atoms with E-state index in [9.17, 15) is 13.6 Å². The molecule has 29 heavy (non-hydrogen) atoms. The molecule has 2 heterocycles. The van der Waals surface area contributed by atoms with Gasteiger partial charge in [-0.15, -0.1) is 0 Å². The molecule has 0 aliphatic carbocycles. The van der Waals surface area contributed by atoms with Crippen molar-refractivity contribution >= 4 is 22.5 Å². The van der Waals surface area contributed by atoms with Gasteiger partial charge in [0.05, 0.1) is 11.7 Å². The van der Waals surface area contributed by atoms with Gasteiger partial charge < -0.3 is 15.4 Å². The summed E-state index contributed by atoms with van der Waals surface area (Å²) < 4.78 is 33.7. The summed E-state index contributed by atoms with van der Waals surface area (Å²) in [5.41, 5.74) is 1.03. The highest BCUT2D eigenvalue weighted by Gasteiger charge is 2.36. The smallest absolute Gasteiger partial charge is 0.319 e. The van der Waals surface area contributed by atoms with E-state index in [4.69, 9.17) is 4.74 Å². The van der Waals surface area contributed by atoms with E-state index in [1.165, 1.54) is 6.07 Å². The molecule has 3 aromatic rings. The van der Waals surface area contributed by atoms with Gasteiger partial charge in [-0.3, -0.25) is 4.98 Å². The maximum absolute atomic E-state index is 14.2. The Kier molecular flexibility index (Phi) is 4.61. The van der Waals surface area contributed by atoms with Gasteiger partial charge in [-0.2, -0.15) is 0 Å². The first-order chi connectivity index (χ1) is 13.7. The molecule has 7 heteroatoms. The molecular formula is C22H21F2N3O2. The van der Waals surface area contributed by atoms with Crippen molar-refractivity contribution < 1.29 is 18.3 Å². The highest BCUT2D eigenvalue weighted by molar-refractivity contribution is 6.01. The number of rotatable bonds is 2. The largest absolute Gasteiger partial charge is 0.484 e. The lowest BCUT2D eigenvalue weighted by Gasteiger charge is -2.38. The number of hydrogen-bond donors (Lipinski definition) is 2. The molecular weight excluding hydrogens is 376 g/mol. The van der Waals surface area contributed by atoms with Gasteiger partial charge in [-0.05, 0) is 39.0 Å². The summed E-state index contributed by atoms with van der Waals surface area (Å²) in [6.45, 7) is 5.47. The third-order valence-electron chi connectivity index (χ3n) is 4.94. The first-order valence-corrected chi connectivity index (χ1v) is 9.33. The number of fused-ring (bicyclic) bond motifs is 2. The van der Waals surface area contributed by atoms with Gasteiger partial charge in [0.1, 0.15) is 11.4 Å². The van der Waals surface area contributed by atoms with E-state index in [0.717, 1.165) is 22.5 Å². The van der Waals surface area contributed by atoms with E-state index < -0.39 is 29.3 Å². The molecule has 1 aliphatic heterocycles. The molecule has 150 valence electrons. The lowest BCUT2D eigenvalue weighted by Crippen LogP contribution is -2.43. The van der Waals surface area contributed by atoms with Crippen molar-refractivity contribution in [3.05, 3.63) is 65.5 Å². The minimum absolute atomic E-state index is 0.0280. The van der Waals surface area contributed by atoms with Crippen LogP contribution in [0.4, 0.5) is 19.3 Å². The summed E-state index contributed by atoms with van der Waals surface area (Å²) in [5, 5.41) is 7.43. The molecule has 2 amide bonds. The van der Waals surface area contributed by atoms with Crippen LogP contribution in [0.5, 0.6) is 5.75 Å². The molecule has 4 rings (SSSR count). The fourth-order valence-electron chi connectivity index (χ4n) is 3.69. The van der Waals surface area contributed by atoms with Gasteiger partial charge in [-0.1, -0.05) is 12.1 Å². The molecule has 1 atom stereocenters. The first-order valence-electron chi connectivity index (χ1n) is 9.33. The van der Waals surface area contributed by atoms with Crippen LogP contribution in [0.2, 0.25) is 0 Å². The number of aromatic nitrogens is 1. The second kappa shape index (κ2) is 6.99. The number of carbonyl (C=O) groups excluding carboxylic acids is 1. The molecule has 1 aliphatic rings. The lowest BCUT2D eigenvalue weighted by molar-refractivity contribution is 0.0626. The Balaban J connectivity index is 1.62. The van der Waals surface area contributed by atoms with Crippen LogP contribution in [0.15, 0.2) is 42.6 Å². The van der Waals surface area contributed by atoms with Crippen LogP contribution in [0.1, 0.15) is 37.6 Å². The molecule has 0 saturated heterocycles. The summed E-state index contributed by atoms with van der Waals surface area (Å²) in [6.07, 6.45) is 2.12. The Morgan fingerprint density at radius 2 is 2.03 bits per heavy atom. The predicted molar refractivity (Wildman–Crippen MR) is 107 cm³/mol. The topological polar surface area (TPSA) is 63.2 Å². The number of halogens is 2. The van der Waals surface area contributed by atoms with Crippen LogP contribution in [0, 0.1) is 18.6 Å². The number of nitrogens with zero attached hydrogens (tertiary/aromatic N) is 1. The number of benzene rings is 2. The minimum Gasteiger partial charge on any atom is -0.484 e. The van der Waals surface area contributed by atoms with Crippen LogP contribution < -0.4 is 15.4 Å². The molecule has 0 fully saturated rings. The van der Waals surface area contributed by atoms with Crippen LogP contribution in [-0.2, 0) is 0 Å². The van der Waals surface area contributed by atoms with E-state index in [1.54, 1.807) is 26.1 Å². The van der Waals surface area contributed by atoms with E-state index >= 15 is 0 Å². The summed E-state index contributed by atoms with van der Waals surface area (Å²) in [6, 6.07) is 8.34. The molecule has 0 saturated carbocycles. The van der Waals surface area contributed by atoms with E-state index in [0.29, 0.717) is 12.1 Å². The van der Waals surface area contributed by atoms with Crippen molar-refractivity contribution in [1.82, 2.24) is 10.3 Å². The number of ether oxygens (including phenoxy) is 1. The van der Waals surface area contributed by atoms with Gasteiger partial charge in [0.25, 0.3) is 0 Å². The van der Waals surface area contributed by atoms with Crippen LogP contribution in [-0.4, -0.2) is 16.6 Å². The van der Waals surface area contributed by atoms with Crippen LogP contribution in [0.25, 0.3) is 10.8 Å². The van der Waals surface area contributed by atoms with Crippen molar-refractivity contribution in [2.24, 2.45) is 0 Å². The summed E-state index contributed by atoms with van der Waals surface area (Å²) >= 11 is 0. The first kappa shape index (κ1) is 19.1. The van der Waals surface area contributed by atoms with Crippen LogP contribution >= 0.6 is 0 Å². The normalized spacial score (nSPS) is 17.3. The zero-order valence-corrected chi connectivity index (χ0v) is 16.3. The predicted octanol–water partition coefficient (Wildman–Crippen LogP) is 5.25. The number of amides is 2. The second-order valence-electron chi connectivity index (χ2n) is 7.88. The Labute approximate surface area is 167 Å². The molecule has 0 bridgehead atoms. The summed E-state index contributed by atoms with van der Waals surface area (Å²) in [5.74, 6) is -1.52. The summed E-state index contributed by atoms with van der Waals surface area (Å²) in [7, 11) is 0. The number of carbonyl (C=O) groups is 1. The molecule has 2 N–H and O–H groups in total. The van der Waals surface area contributed by atoms with Gasteiger partial charge in [0.2, 0.25) is 0 Å². The quantitative estimate of drug-likeness (QED) is 0.621. The van der Waals surface area contributed by atoms with Crippen molar-refractivity contribution in [2.45, 2.75) is 38.8 Å². The van der Waals surface area contributed by atoms with Gasteiger partial charge in [0.15, 0.2) is 11.6 Å². The molecule has 0 spiro atoms. The maximum atomic E-state index is 14.2. The molecule has 0 radical (unpaired) electrons. The highest BCUT2D eigenvalue weighted by Crippen LogP contribution is 2.41. The molecule has 5 nitrogen and oxygen atoms in total. The Hall–Kier alpha value is -3.22. The second-order valence-corrected chi connectivity index (χ2v) is 7.88. The number of nitrogens with one attached hydrogen (secondary N) is 2. The SMILES string of the molecule is Cc1cc2c(NC(=O)N[C@@H]3CC(C)(C)Oc4c(F)cc(F)cc43)cccc2cn1. The Morgan fingerprint density at radius 3 is 2.83 bits per heavy atom. The average molecular weight is 397 g/mol. The van der Waals surface area contributed by atoms with Crippen molar-refractivity contribution in [2.75, 3.05) is 5.32 Å². The van der Waals surface area contributed by atoms with Crippen molar-refractivity contribution in [3.8, 4) is 5.75 Å². The summed E-state index contributed by atoms with van der Waals surface area (Å²) in [4.78, 5) is 17.0. The number of hydrogen-bond acceptors (Lipinski definition) is 3. The average Bonchev–Trinajstić information content (AvgIpc) is 2.63. The molecule has 2 aromatic carbocycles. The van der Waals surface area contributed by atoms with Crippen molar-refractivity contribution in [3.63, 3.8) is 0 Å². The van der Waals surface area contributed by atoms with Crippen LogP contribution in [0.3, 0.4) is 0 Å². The monoisotopic (exact) mass is 397 g/mol. The van der Waals surface area contributed by atoms with Gasteiger partial charge >= 0.3 is 6.03 Å². The third kappa shape index (κ3) is 3.85. The molecule has 0 unspecified atom stereocenters. The Morgan fingerprint density at radius 1 is 1.24 bits per heavy atom. The fraction of sp³-hybridized carbons (Fsp3) is 0.273. The third-order valence-corrected chi connectivity index (χ3v) is 4.94. The number of urea groups is 1. The van der Waals surface area contributed by atoms with E-state index in [2.05, 4.69) is 15.6 Å². The minimum atomic E-state index is -0.781. The van der Waals surface area contributed by atoms with E-state index in [-0.39, 0.29) is 11.3 Å². The van der Waals surface area contributed by atoms with Gasteiger partial charge in [-0.25, -0.2) is 13.6 Å². The van der Waals surface area contributed by atoms with E-state index in [1.807, 2.05) is 25.1 Å². The molecule has 1 aromatic heterocycles. The standard InChI is InChI=1S/C22H21F2N3O2/c1-12-7-15-13(11-25-12)5-4-6-18(15)26-21(28)27-19-10-22(2,3)29-20-16(19)8-14(23)9-17(20)24/h4-9,11,19H,10H2,1-3H3,(H2,26,27,28)/t19-/m1/s1. The highest BCUT2D eigenvalue weighted by atomic mass is 19.1. The van der Waals surface area contributed by atoms with Crippen molar-refractivity contribution in [1.29, 1.82) is 0 Å². The maximum Gasteiger partial charge on any atom is 0.319 e. The number of pyridine rings is 1. The number of anilines is 1. The lowest BCUT2D eigenvalue weighted by atomic mass is 9.89. The van der Waals surface area contributed by atoms with Gasteiger partial charge in [0, 0.05) is 40.7 Å². The zero-order chi connectivity index (χ0) is 20.8. The fourth-order valence-corrected chi connectivity index (χ4v) is 3.69. The zero-order valence-electron chi connectivity index (χ0n) is 16.3. The Bertz CT molecular complexity index is 1110. The number of aryl methyl sites for hydroxylation is 1.